The van der Waals surface area contributed by atoms with E-state index in [-0.39, 0.29) is 28.5 Å². The first kappa shape index (κ1) is 31.9. The van der Waals surface area contributed by atoms with Gasteiger partial charge in [0.2, 0.25) is 10.0 Å². The molecule has 0 saturated carbocycles. The lowest BCUT2D eigenvalue weighted by molar-refractivity contribution is -0.137. The molecule has 1 fully saturated rings. The van der Waals surface area contributed by atoms with Gasteiger partial charge >= 0.3 is 5.97 Å². The standard InChI is InChI=1S/C34H43NO5SSi/c1-6-39-33(36)19-13-18-32-28(24-25-35(32)41(37,38)29-22-20-27(2)21-23-29)26-40-42(34(3,4)5,30-14-9-7-10-15-30)31-16-11-8-12-17-31/h7-17,19-23,28,32H,6,18,24-26H2,1-5H3/b19-13-/t28-,32-/m1/s1. The van der Waals surface area contributed by atoms with E-state index in [0.717, 1.165) is 5.56 Å². The molecule has 224 valence electrons. The van der Waals surface area contributed by atoms with Gasteiger partial charge in [0.15, 0.2) is 0 Å². The molecular formula is C34H43NO5SSi. The number of hydrogen-bond acceptors (Lipinski definition) is 5. The van der Waals surface area contributed by atoms with Crippen molar-refractivity contribution in [2.24, 2.45) is 5.92 Å². The van der Waals surface area contributed by atoms with Crippen LogP contribution in [0.5, 0.6) is 0 Å². The van der Waals surface area contributed by atoms with Crippen LogP contribution in [0, 0.1) is 12.8 Å². The predicted octanol–water partition coefficient (Wildman–Crippen LogP) is 5.46. The molecule has 4 rings (SSSR count). The molecule has 0 radical (unpaired) electrons. The molecule has 0 N–H and O–H groups in total. The first-order valence-corrected chi connectivity index (χ1v) is 18.0. The summed E-state index contributed by atoms with van der Waals surface area (Å²) in [6, 6.07) is 27.5. The van der Waals surface area contributed by atoms with Gasteiger partial charge in [0.25, 0.3) is 8.32 Å². The summed E-state index contributed by atoms with van der Waals surface area (Å²) >= 11 is 0. The van der Waals surface area contributed by atoms with Crippen molar-refractivity contribution < 1.29 is 22.4 Å². The fourth-order valence-corrected chi connectivity index (χ4v) is 12.4. The number of rotatable bonds is 11. The molecule has 3 aromatic rings. The predicted molar refractivity (Wildman–Crippen MR) is 171 cm³/mol. The maximum Gasteiger partial charge on any atom is 0.330 e. The summed E-state index contributed by atoms with van der Waals surface area (Å²) in [4.78, 5) is 12.3. The first-order valence-electron chi connectivity index (χ1n) is 14.7. The number of esters is 1. The van der Waals surface area contributed by atoms with Crippen LogP contribution in [-0.2, 0) is 24.0 Å². The van der Waals surface area contributed by atoms with Gasteiger partial charge in [0.05, 0.1) is 11.5 Å². The van der Waals surface area contributed by atoms with Crippen LogP contribution in [0.2, 0.25) is 5.04 Å². The van der Waals surface area contributed by atoms with Crippen LogP contribution in [0.25, 0.3) is 0 Å². The second-order valence-electron chi connectivity index (χ2n) is 11.9. The summed E-state index contributed by atoms with van der Waals surface area (Å²) in [6.45, 7) is 11.5. The molecule has 2 atom stereocenters. The van der Waals surface area contributed by atoms with Crippen molar-refractivity contribution in [3.05, 3.63) is 103 Å². The molecule has 6 nitrogen and oxygen atoms in total. The van der Waals surface area contributed by atoms with E-state index in [9.17, 15) is 13.2 Å². The molecule has 1 aliphatic rings. The number of sulfonamides is 1. The molecule has 0 aromatic heterocycles. The number of benzene rings is 3. The molecule has 1 saturated heterocycles. The van der Waals surface area contributed by atoms with Gasteiger partial charge in [-0.15, -0.1) is 0 Å². The zero-order valence-corrected chi connectivity index (χ0v) is 27.1. The van der Waals surface area contributed by atoms with Gasteiger partial charge in [0.1, 0.15) is 0 Å². The van der Waals surface area contributed by atoms with Crippen LogP contribution in [0.1, 0.15) is 46.1 Å². The summed E-state index contributed by atoms with van der Waals surface area (Å²) in [5.41, 5.74) is 1.00. The van der Waals surface area contributed by atoms with E-state index in [1.165, 1.54) is 16.4 Å². The van der Waals surface area contributed by atoms with Gasteiger partial charge < -0.3 is 9.16 Å². The van der Waals surface area contributed by atoms with Crippen LogP contribution in [0.4, 0.5) is 0 Å². The monoisotopic (exact) mass is 605 g/mol. The average molecular weight is 606 g/mol. The topological polar surface area (TPSA) is 72.9 Å². The second-order valence-corrected chi connectivity index (χ2v) is 18.1. The SMILES string of the molecule is CCOC(=O)/C=C\C[C@@H]1[C@@H](CO[Si](c2ccccc2)(c2ccccc2)C(C)(C)C)CCN1S(=O)(=O)c1ccc(C)cc1. The van der Waals surface area contributed by atoms with Crippen LogP contribution in [0.15, 0.2) is 102 Å². The normalized spacial score (nSPS) is 18.4. The number of hydrogen-bond donors (Lipinski definition) is 0. The maximum atomic E-state index is 13.9. The molecule has 0 spiro atoms. The Labute approximate surface area is 252 Å². The summed E-state index contributed by atoms with van der Waals surface area (Å²) in [5, 5.41) is 2.18. The summed E-state index contributed by atoms with van der Waals surface area (Å²) in [5.74, 6) is -0.484. The number of ether oxygens (including phenoxy) is 1. The molecule has 1 heterocycles. The largest absolute Gasteiger partial charge is 0.463 e. The number of carbonyl (C=O) groups is 1. The third-order valence-corrected chi connectivity index (χ3v) is 15.1. The molecule has 0 amide bonds. The average Bonchev–Trinajstić information content (AvgIpc) is 3.38. The van der Waals surface area contributed by atoms with Gasteiger partial charge in [-0.3, -0.25) is 0 Å². The molecule has 8 heteroatoms. The highest BCUT2D eigenvalue weighted by molar-refractivity contribution is 7.89. The number of carbonyl (C=O) groups excluding carboxylic acids is 1. The lowest BCUT2D eigenvalue weighted by Gasteiger charge is -2.44. The van der Waals surface area contributed by atoms with Crippen molar-refractivity contribution in [1.29, 1.82) is 0 Å². The molecule has 0 aliphatic carbocycles. The summed E-state index contributed by atoms with van der Waals surface area (Å²) < 4.78 is 41.7. The van der Waals surface area contributed by atoms with E-state index < -0.39 is 24.3 Å². The number of aryl methyl sites for hydroxylation is 1. The Bertz CT molecular complexity index is 1410. The van der Waals surface area contributed by atoms with Crippen LogP contribution in [0.3, 0.4) is 0 Å². The minimum Gasteiger partial charge on any atom is -0.463 e. The molecule has 42 heavy (non-hydrogen) atoms. The minimum absolute atomic E-state index is 0.0567. The highest BCUT2D eigenvalue weighted by Gasteiger charge is 2.51. The lowest BCUT2D eigenvalue weighted by atomic mass is 9.99. The van der Waals surface area contributed by atoms with Crippen LogP contribution < -0.4 is 10.4 Å². The van der Waals surface area contributed by atoms with Crippen LogP contribution in [-0.4, -0.2) is 52.8 Å². The van der Waals surface area contributed by atoms with E-state index in [1.54, 1.807) is 29.4 Å². The first-order chi connectivity index (χ1) is 20.0. The molecule has 0 unspecified atom stereocenters. The van der Waals surface area contributed by atoms with Crippen molar-refractivity contribution in [2.75, 3.05) is 19.8 Å². The van der Waals surface area contributed by atoms with Crippen molar-refractivity contribution >= 4 is 34.7 Å². The Morgan fingerprint density at radius 3 is 2.05 bits per heavy atom. The molecule has 0 bridgehead atoms. The molecule has 3 aromatic carbocycles. The highest BCUT2D eigenvalue weighted by Crippen LogP contribution is 2.39. The Morgan fingerprint density at radius 1 is 0.952 bits per heavy atom. The van der Waals surface area contributed by atoms with Crippen molar-refractivity contribution in [3.8, 4) is 0 Å². The van der Waals surface area contributed by atoms with E-state index in [0.29, 0.717) is 26.0 Å². The summed E-state index contributed by atoms with van der Waals surface area (Å²) in [7, 11) is -6.55. The van der Waals surface area contributed by atoms with Gasteiger partial charge in [-0.25, -0.2) is 13.2 Å². The fourth-order valence-electron chi connectivity index (χ4n) is 6.02. The van der Waals surface area contributed by atoms with Gasteiger partial charge in [-0.05, 0) is 60.2 Å². The van der Waals surface area contributed by atoms with Crippen molar-refractivity contribution in [3.63, 3.8) is 0 Å². The van der Waals surface area contributed by atoms with E-state index in [1.807, 2.05) is 31.2 Å². The van der Waals surface area contributed by atoms with E-state index >= 15 is 0 Å². The van der Waals surface area contributed by atoms with Crippen molar-refractivity contribution in [2.45, 2.75) is 63.4 Å². The summed E-state index contributed by atoms with van der Waals surface area (Å²) in [6.07, 6.45) is 4.19. The number of nitrogens with zero attached hydrogens (tertiary/aromatic N) is 1. The smallest absolute Gasteiger partial charge is 0.330 e. The third-order valence-electron chi connectivity index (χ3n) is 8.11. The molecule has 1 aliphatic heterocycles. The van der Waals surface area contributed by atoms with Gasteiger partial charge in [0, 0.05) is 25.3 Å². The third kappa shape index (κ3) is 6.78. The zero-order chi connectivity index (χ0) is 30.4. The zero-order valence-electron chi connectivity index (χ0n) is 25.3. The Morgan fingerprint density at radius 2 is 1.52 bits per heavy atom. The van der Waals surface area contributed by atoms with E-state index in [2.05, 4.69) is 69.3 Å². The fraction of sp³-hybridized carbons (Fsp3) is 0.382. The quantitative estimate of drug-likeness (QED) is 0.165. The van der Waals surface area contributed by atoms with Gasteiger partial charge in [-0.2, -0.15) is 4.31 Å². The second kappa shape index (κ2) is 13.5. The molecular weight excluding hydrogens is 563 g/mol. The van der Waals surface area contributed by atoms with Crippen molar-refractivity contribution in [1.82, 2.24) is 4.31 Å². The highest BCUT2D eigenvalue weighted by atomic mass is 32.2. The Hall–Kier alpha value is -3.04. The van der Waals surface area contributed by atoms with Gasteiger partial charge in [-0.1, -0.05) is 105 Å². The van der Waals surface area contributed by atoms with E-state index in [4.69, 9.17) is 9.16 Å². The Balaban J connectivity index is 1.70. The van der Waals surface area contributed by atoms with Crippen LogP contribution >= 0.6 is 0 Å². The Kier molecular flexibility index (Phi) is 10.3. The maximum absolute atomic E-state index is 13.9. The lowest BCUT2D eigenvalue weighted by Crippen LogP contribution is -2.67. The minimum atomic E-state index is -3.75.